The Hall–Kier alpha value is -1.15. The molecule has 1 atom stereocenters. The fourth-order valence-corrected chi connectivity index (χ4v) is 2.48. The van der Waals surface area contributed by atoms with Crippen molar-refractivity contribution >= 4 is 5.78 Å². The summed E-state index contributed by atoms with van der Waals surface area (Å²) in [5.74, 6) is -0.125. The maximum Gasteiger partial charge on any atom is 0.191 e. The molecule has 1 aromatic carbocycles. The number of carbonyl (C=O) groups is 1. The third kappa shape index (κ3) is 2.75. The molecule has 0 fully saturated rings. The molecular formula is C15H20O2. The summed E-state index contributed by atoms with van der Waals surface area (Å²) in [6.45, 7) is 1.98. The van der Waals surface area contributed by atoms with E-state index in [0.29, 0.717) is 12.0 Å². The van der Waals surface area contributed by atoms with Crippen molar-refractivity contribution in [2.45, 2.75) is 51.6 Å². The molecule has 0 aromatic heterocycles. The van der Waals surface area contributed by atoms with E-state index in [-0.39, 0.29) is 5.78 Å². The van der Waals surface area contributed by atoms with Crippen LogP contribution < -0.4 is 0 Å². The first-order chi connectivity index (χ1) is 8.22. The average molecular weight is 232 g/mol. The highest BCUT2D eigenvalue weighted by Gasteiger charge is 2.18. The van der Waals surface area contributed by atoms with Crippen molar-refractivity contribution in [3.8, 4) is 0 Å². The smallest absolute Gasteiger partial charge is 0.191 e. The Morgan fingerprint density at radius 2 is 2.00 bits per heavy atom. The molecule has 2 heteroatoms. The normalized spacial score (nSPS) is 16.4. The van der Waals surface area contributed by atoms with Crippen LogP contribution in [-0.2, 0) is 12.8 Å². The summed E-state index contributed by atoms with van der Waals surface area (Å²) >= 11 is 0. The van der Waals surface area contributed by atoms with Gasteiger partial charge >= 0.3 is 0 Å². The van der Waals surface area contributed by atoms with E-state index in [0.717, 1.165) is 19.3 Å². The van der Waals surface area contributed by atoms with Gasteiger partial charge in [0.25, 0.3) is 0 Å². The summed E-state index contributed by atoms with van der Waals surface area (Å²) in [6.07, 6.45) is 5.21. The van der Waals surface area contributed by atoms with Crippen LogP contribution in [0.15, 0.2) is 18.2 Å². The lowest BCUT2D eigenvalue weighted by atomic mass is 9.89. The second-order valence-electron chi connectivity index (χ2n) is 4.86. The lowest BCUT2D eigenvalue weighted by Crippen LogP contribution is -2.20. The number of Topliss-reactive ketones (excluding diaryl/α,β-unsaturated/α-hetero) is 1. The number of ketones is 1. The molecule has 92 valence electrons. The number of hydrogen-bond donors (Lipinski definition) is 1. The number of fused-ring (bicyclic) bond motifs is 1. The zero-order valence-electron chi connectivity index (χ0n) is 10.4. The molecule has 17 heavy (non-hydrogen) atoms. The van der Waals surface area contributed by atoms with Gasteiger partial charge in [0.1, 0.15) is 6.10 Å². The highest BCUT2D eigenvalue weighted by Crippen LogP contribution is 2.23. The summed E-state index contributed by atoms with van der Waals surface area (Å²) in [7, 11) is 0. The zero-order valence-corrected chi connectivity index (χ0v) is 10.4. The minimum absolute atomic E-state index is 0.125. The fraction of sp³-hybridized carbons (Fsp3) is 0.533. The van der Waals surface area contributed by atoms with E-state index in [1.807, 2.05) is 19.1 Å². The largest absolute Gasteiger partial charge is 0.385 e. The van der Waals surface area contributed by atoms with Gasteiger partial charge in [0.15, 0.2) is 5.78 Å². The molecule has 0 radical (unpaired) electrons. The second-order valence-corrected chi connectivity index (χ2v) is 4.86. The predicted octanol–water partition coefficient (Wildman–Crippen LogP) is 2.91. The van der Waals surface area contributed by atoms with Crippen LogP contribution in [0.3, 0.4) is 0 Å². The van der Waals surface area contributed by atoms with Crippen molar-refractivity contribution < 1.29 is 9.90 Å². The van der Waals surface area contributed by atoms with Gasteiger partial charge < -0.3 is 5.11 Å². The van der Waals surface area contributed by atoms with E-state index in [1.165, 1.54) is 24.0 Å². The van der Waals surface area contributed by atoms with Crippen molar-refractivity contribution in [3.05, 3.63) is 34.9 Å². The van der Waals surface area contributed by atoms with E-state index >= 15 is 0 Å². The van der Waals surface area contributed by atoms with Crippen LogP contribution in [0.2, 0.25) is 0 Å². The van der Waals surface area contributed by atoms with E-state index in [2.05, 4.69) is 6.07 Å². The van der Waals surface area contributed by atoms with E-state index in [4.69, 9.17) is 0 Å². The molecular weight excluding hydrogens is 212 g/mol. The first-order valence-corrected chi connectivity index (χ1v) is 6.56. The summed E-state index contributed by atoms with van der Waals surface area (Å²) in [5, 5.41) is 9.73. The van der Waals surface area contributed by atoms with Crippen LogP contribution in [-0.4, -0.2) is 17.0 Å². The number of aliphatic hydroxyl groups is 1. The summed E-state index contributed by atoms with van der Waals surface area (Å²) in [6, 6.07) is 5.90. The number of aryl methyl sites for hydroxylation is 2. The lowest BCUT2D eigenvalue weighted by Gasteiger charge is -2.17. The van der Waals surface area contributed by atoms with Gasteiger partial charge in [-0.05, 0) is 49.3 Å². The molecule has 1 aliphatic carbocycles. The first kappa shape index (κ1) is 12.3. The van der Waals surface area contributed by atoms with Crippen LogP contribution >= 0.6 is 0 Å². The molecule has 0 heterocycles. The van der Waals surface area contributed by atoms with Gasteiger partial charge in [0.2, 0.25) is 0 Å². The summed E-state index contributed by atoms with van der Waals surface area (Å²) in [5.41, 5.74) is 3.34. The second kappa shape index (κ2) is 5.46. The molecule has 1 aromatic rings. The topological polar surface area (TPSA) is 37.3 Å². The molecule has 2 nitrogen and oxygen atoms in total. The predicted molar refractivity (Wildman–Crippen MR) is 68.3 cm³/mol. The molecule has 0 amide bonds. The van der Waals surface area contributed by atoms with Crippen molar-refractivity contribution in [3.63, 3.8) is 0 Å². The third-order valence-electron chi connectivity index (χ3n) is 3.50. The molecule has 2 rings (SSSR count). The summed E-state index contributed by atoms with van der Waals surface area (Å²) in [4.78, 5) is 12.0. The maximum absolute atomic E-state index is 12.0. The minimum Gasteiger partial charge on any atom is -0.385 e. The fourth-order valence-electron chi connectivity index (χ4n) is 2.48. The van der Waals surface area contributed by atoms with Gasteiger partial charge in [0, 0.05) is 5.56 Å². The van der Waals surface area contributed by atoms with Crippen molar-refractivity contribution in [1.29, 1.82) is 0 Å². The molecule has 0 spiro atoms. The van der Waals surface area contributed by atoms with Crippen molar-refractivity contribution in [1.82, 2.24) is 0 Å². The van der Waals surface area contributed by atoms with Crippen LogP contribution in [0, 0.1) is 0 Å². The Labute approximate surface area is 103 Å². The Balaban J connectivity index is 2.19. The Morgan fingerprint density at radius 3 is 2.71 bits per heavy atom. The number of aliphatic hydroxyl groups excluding tert-OH is 1. The first-order valence-electron chi connectivity index (χ1n) is 6.56. The quantitative estimate of drug-likeness (QED) is 0.810. The van der Waals surface area contributed by atoms with Gasteiger partial charge in [-0.25, -0.2) is 0 Å². The molecule has 0 bridgehead atoms. The standard InChI is InChI=1S/C15H20O2/c1-2-5-14(16)15(17)13-9-8-11-6-3-4-7-12(11)10-13/h8-10,14,16H,2-7H2,1H3. The lowest BCUT2D eigenvalue weighted by molar-refractivity contribution is 0.0729. The molecule has 0 saturated heterocycles. The van der Waals surface area contributed by atoms with Gasteiger partial charge in [-0.1, -0.05) is 25.5 Å². The average Bonchev–Trinajstić information content (AvgIpc) is 2.37. The Kier molecular flexibility index (Phi) is 3.95. The Bertz CT molecular complexity index is 409. The van der Waals surface area contributed by atoms with Crippen LogP contribution in [0.25, 0.3) is 0 Å². The van der Waals surface area contributed by atoms with Gasteiger partial charge in [-0.3, -0.25) is 4.79 Å². The van der Waals surface area contributed by atoms with Gasteiger partial charge in [-0.2, -0.15) is 0 Å². The van der Waals surface area contributed by atoms with Crippen LogP contribution in [0.5, 0.6) is 0 Å². The van der Waals surface area contributed by atoms with E-state index in [1.54, 1.807) is 0 Å². The highest BCUT2D eigenvalue weighted by molar-refractivity contribution is 5.99. The van der Waals surface area contributed by atoms with Crippen molar-refractivity contribution in [2.75, 3.05) is 0 Å². The number of hydrogen-bond acceptors (Lipinski definition) is 2. The molecule has 1 unspecified atom stereocenters. The molecule has 1 aliphatic rings. The molecule has 1 N–H and O–H groups in total. The van der Waals surface area contributed by atoms with E-state index in [9.17, 15) is 9.90 Å². The van der Waals surface area contributed by atoms with Crippen LogP contribution in [0.1, 0.15) is 54.1 Å². The SMILES string of the molecule is CCCC(O)C(=O)c1ccc2c(c1)CCCC2. The van der Waals surface area contributed by atoms with Crippen LogP contribution in [0.4, 0.5) is 0 Å². The maximum atomic E-state index is 12.0. The monoisotopic (exact) mass is 232 g/mol. The number of benzene rings is 1. The van der Waals surface area contributed by atoms with Crippen molar-refractivity contribution in [2.24, 2.45) is 0 Å². The molecule has 0 saturated carbocycles. The Morgan fingerprint density at radius 1 is 1.29 bits per heavy atom. The van der Waals surface area contributed by atoms with Gasteiger partial charge in [0.05, 0.1) is 0 Å². The van der Waals surface area contributed by atoms with E-state index < -0.39 is 6.10 Å². The zero-order chi connectivity index (χ0) is 12.3. The number of rotatable bonds is 4. The highest BCUT2D eigenvalue weighted by atomic mass is 16.3. The van der Waals surface area contributed by atoms with Gasteiger partial charge in [-0.15, -0.1) is 0 Å². The third-order valence-corrected chi connectivity index (χ3v) is 3.50. The minimum atomic E-state index is -0.832. The molecule has 0 aliphatic heterocycles. The number of carbonyl (C=O) groups excluding carboxylic acids is 1. The summed E-state index contributed by atoms with van der Waals surface area (Å²) < 4.78 is 0.